The van der Waals surface area contributed by atoms with E-state index >= 15 is 0 Å². The van der Waals surface area contributed by atoms with Crippen LogP contribution in [-0.2, 0) is 4.79 Å². The van der Waals surface area contributed by atoms with Crippen LogP contribution in [0.3, 0.4) is 0 Å². The molecule has 0 radical (unpaired) electrons. The number of hydrogen-bond donors (Lipinski definition) is 2. The number of azide groups is 1. The summed E-state index contributed by atoms with van der Waals surface area (Å²) in [6.07, 6.45) is 0.764. The van der Waals surface area contributed by atoms with Gasteiger partial charge in [-0.2, -0.15) is 0 Å². The van der Waals surface area contributed by atoms with Gasteiger partial charge < -0.3 is 10.4 Å². The molecule has 3 rings (SSSR count). The van der Waals surface area contributed by atoms with Gasteiger partial charge in [0.2, 0.25) is 0 Å². The molecule has 0 amide bonds. The standard InChI is InChI=1S/C14H14N6O2S2/c15-20-17-5-1-4-16-8-2-3-9-11(6-8)24-13(18-9)12-19-10(7-23-12)14(21)22/h2-3,6,10,16H,1,4-5,7H2,(H,21,22)/t10-/m1/s1. The first kappa shape index (κ1) is 16.6. The van der Waals surface area contributed by atoms with E-state index in [1.54, 1.807) is 0 Å². The fourth-order valence-corrected chi connectivity index (χ4v) is 4.27. The van der Waals surface area contributed by atoms with Gasteiger partial charge in [0.1, 0.15) is 10.1 Å². The normalized spacial score (nSPS) is 16.7. The van der Waals surface area contributed by atoms with Crippen LogP contribution in [-0.4, -0.2) is 46.0 Å². The molecular weight excluding hydrogens is 348 g/mol. The fourth-order valence-electron chi connectivity index (χ4n) is 2.17. The summed E-state index contributed by atoms with van der Waals surface area (Å²) in [7, 11) is 0. The second-order valence-electron chi connectivity index (χ2n) is 5.04. The molecule has 0 spiro atoms. The number of carbonyl (C=O) groups is 1. The van der Waals surface area contributed by atoms with Crippen LogP contribution in [0.1, 0.15) is 11.4 Å². The van der Waals surface area contributed by atoms with Crippen molar-refractivity contribution in [3.05, 3.63) is 33.6 Å². The van der Waals surface area contributed by atoms with Gasteiger partial charge in [-0.3, -0.25) is 4.99 Å². The average Bonchev–Trinajstić information content (AvgIpc) is 3.21. The largest absolute Gasteiger partial charge is 0.480 e. The molecule has 2 aromatic rings. The van der Waals surface area contributed by atoms with Crippen LogP contribution in [0, 0.1) is 0 Å². The Morgan fingerprint density at radius 3 is 3.17 bits per heavy atom. The number of carboxylic acids is 1. The number of aromatic nitrogens is 1. The minimum atomic E-state index is -0.897. The van der Waals surface area contributed by atoms with Crippen molar-refractivity contribution in [2.75, 3.05) is 24.2 Å². The highest BCUT2D eigenvalue weighted by Gasteiger charge is 2.26. The molecule has 0 saturated carbocycles. The molecule has 1 aliphatic rings. The number of aliphatic imine (C=N–C) groups is 1. The Bertz CT molecular complexity index is 843. The lowest BCUT2D eigenvalue weighted by atomic mass is 10.3. The number of hydrogen-bond acceptors (Lipinski definition) is 7. The number of thioether (sulfide) groups is 1. The van der Waals surface area contributed by atoms with Crippen LogP contribution in [0.4, 0.5) is 5.69 Å². The third kappa shape index (κ3) is 3.78. The van der Waals surface area contributed by atoms with Crippen molar-refractivity contribution in [1.29, 1.82) is 0 Å². The van der Waals surface area contributed by atoms with Crippen molar-refractivity contribution < 1.29 is 9.90 Å². The minimum absolute atomic E-state index is 0.457. The van der Waals surface area contributed by atoms with E-state index in [1.807, 2.05) is 18.2 Å². The van der Waals surface area contributed by atoms with Crippen molar-refractivity contribution in [3.8, 4) is 0 Å². The second kappa shape index (κ2) is 7.52. The molecule has 1 aliphatic heterocycles. The van der Waals surface area contributed by atoms with Gasteiger partial charge in [0.05, 0.1) is 10.2 Å². The first-order valence-corrected chi connectivity index (χ1v) is 9.06. The zero-order valence-corrected chi connectivity index (χ0v) is 14.2. The molecule has 8 nitrogen and oxygen atoms in total. The maximum Gasteiger partial charge on any atom is 0.329 e. The van der Waals surface area contributed by atoms with Gasteiger partial charge in [0.25, 0.3) is 0 Å². The first-order chi connectivity index (χ1) is 11.7. The smallest absolute Gasteiger partial charge is 0.329 e. The highest BCUT2D eigenvalue weighted by Crippen LogP contribution is 2.31. The summed E-state index contributed by atoms with van der Waals surface area (Å²) in [4.78, 5) is 22.5. The number of nitrogens with zero attached hydrogens (tertiary/aromatic N) is 5. The van der Waals surface area contributed by atoms with E-state index in [4.69, 9.17) is 10.6 Å². The molecular formula is C14H14N6O2S2. The summed E-state index contributed by atoms with van der Waals surface area (Å²) in [5, 5.41) is 17.3. The molecule has 124 valence electrons. The van der Waals surface area contributed by atoms with Gasteiger partial charge in [-0.15, -0.1) is 23.1 Å². The van der Waals surface area contributed by atoms with Crippen LogP contribution in [0.25, 0.3) is 20.7 Å². The summed E-state index contributed by atoms with van der Waals surface area (Å²) in [5.41, 5.74) is 10.1. The van der Waals surface area contributed by atoms with Crippen molar-refractivity contribution in [1.82, 2.24) is 4.98 Å². The Balaban J connectivity index is 1.71. The monoisotopic (exact) mass is 362 g/mol. The number of carboxylic acid groups (broad SMARTS) is 1. The molecule has 0 bridgehead atoms. The van der Waals surface area contributed by atoms with E-state index in [0.29, 0.717) is 17.3 Å². The quantitative estimate of drug-likeness (QED) is 0.338. The van der Waals surface area contributed by atoms with Crippen molar-refractivity contribution in [2.45, 2.75) is 12.5 Å². The number of aliphatic carboxylic acids is 1. The summed E-state index contributed by atoms with van der Waals surface area (Å²) in [6, 6.07) is 5.22. The predicted molar refractivity (Wildman–Crippen MR) is 97.2 cm³/mol. The lowest BCUT2D eigenvalue weighted by Crippen LogP contribution is -2.17. The molecule has 1 aromatic carbocycles. The minimum Gasteiger partial charge on any atom is -0.480 e. The van der Waals surface area contributed by atoms with E-state index in [2.05, 4.69) is 25.3 Å². The van der Waals surface area contributed by atoms with Gasteiger partial charge in [-0.25, -0.2) is 9.78 Å². The van der Waals surface area contributed by atoms with Crippen LogP contribution >= 0.6 is 23.1 Å². The van der Waals surface area contributed by atoms with Gasteiger partial charge >= 0.3 is 5.97 Å². The Labute approximate surface area is 145 Å². The molecule has 2 N–H and O–H groups in total. The molecule has 1 aromatic heterocycles. The highest BCUT2D eigenvalue weighted by atomic mass is 32.2. The molecule has 1 atom stereocenters. The summed E-state index contributed by atoms with van der Waals surface area (Å²) in [6.45, 7) is 1.19. The summed E-state index contributed by atoms with van der Waals surface area (Å²) < 4.78 is 1.02. The summed E-state index contributed by atoms with van der Waals surface area (Å²) >= 11 is 2.94. The average molecular weight is 362 g/mol. The highest BCUT2D eigenvalue weighted by molar-refractivity contribution is 8.15. The lowest BCUT2D eigenvalue weighted by Gasteiger charge is -2.04. The third-order valence-corrected chi connectivity index (χ3v) is 5.54. The molecule has 0 unspecified atom stereocenters. The molecule has 24 heavy (non-hydrogen) atoms. The molecule has 0 aliphatic carbocycles. The van der Waals surface area contributed by atoms with Crippen LogP contribution in [0.2, 0.25) is 0 Å². The molecule has 2 heterocycles. The van der Waals surface area contributed by atoms with Gasteiger partial charge in [0, 0.05) is 29.4 Å². The topological polar surface area (TPSA) is 123 Å². The van der Waals surface area contributed by atoms with E-state index in [-0.39, 0.29) is 0 Å². The number of benzene rings is 1. The van der Waals surface area contributed by atoms with Crippen LogP contribution in [0.5, 0.6) is 0 Å². The fraction of sp³-hybridized carbons (Fsp3) is 0.357. The van der Waals surface area contributed by atoms with Gasteiger partial charge in [-0.1, -0.05) is 5.11 Å². The van der Waals surface area contributed by atoms with Crippen LogP contribution in [0.15, 0.2) is 28.3 Å². The van der Waals surface area contributed by atoms with Crippen LogP contribution < -0.4 is 5.32 Å². The number of nitrogens with one attached hydrogen (secondary N) is 1. The molecule has 0 saturated heterocycles. The van der Waals surface area contributed by atoms with E-state index in [0.717, 1.165) is 33.9 Å². The van der Waals surface area contributed by atoms with E-state index in [9.17, 15) is 4.79 Å². The maximum atomic E-state index is 11.0. The van der Waals surface area contributed by atoms with Crippen molar-refractivity contribution in [2.24, 2.45) is 10.1 Å². The second-order valence-corrected chi connectivity index (χ2v) is 7.07. The molecule has 0 fully saturated rings. The van der Waals surface area contributed by atoms with Gasteiger partial charge in [-0.05, 0) is 30.2 Å². The number of anilines is 1. The van der Waals surface area contributed by atoms with Gasteiger partial charge in [0.15, 0.2) is 6.04 Å². The number of thiazole rings is 1. The Hall–Kier alpha value is -2.29. The number of rotatable bonds is 7. The maximum absolute atomic E-state index is 11.0. The predicted octanol–water partition coefficient (Wildman–Crippen LogP) is 3.36. The van der Waals surface area contributed by atoms with E-state index < -0.39 is 12.0 Å². The summed E-state index contributed by atoms with van der Waals surface area (Å²) in [5.74, 6) is -0.440. The SMILES string of the molecule is [N-]=[N+]=NCCCNc1ccc2nc(C3=N[C@@H](C(=O)O)CS3)sc2c1. The zero-order chi connectivity index (χ0) is 16.9. The third-order valence-electron chi connectivity index (χ3n) is 3.33. The molecule has 10 heteroatoms. The Kier molecular flexibility index (Phi) is 5.19. The Morgan fingerprint density at radius 1 is 1.54 bits per heavy atom. The first-order valence-electron chi connectivity index (χ1n) is 7.26. The Morgan fingerprint density at radius 2 is 2.42 bits per heavy atom. The number of fused-ring (bicyclic) bond motifs is 1. The lowest BCUT2D eigenvalue weighted by molar-refractivity contribution is -0.137. The zero-order valence-electron chi connectivity index (χ0n) is 12.5. The van der Waals surface area contributed by atoms with E-state index in [1.165, 1.54) is 23.1 Å². The van der Waals surface area contributed by atoms with Crippen molar-refractivity contribution in [3.63, 3.8) is 0 Å². The van der Waals surface area contributed by atoms with Crippen molar-refractivity contribution >= 4 is 50.0 Å².